The van der Waals surface area contributed by atoms with Crippen LogP contribution in [0.4, 0.5) is 0 Å². The van der Waals surface area contributed by atoms with E-state index in [2.05, 4.69) is 15.3 Å². The van der Waals surface area contributed by atoms with Crippen LogP contribution in [-0.2, 0) is 4.74 Å². The second kappa shape index (κ2) is 8.94. The third-order valence-electron chi connectivity index (χ3n) is 5.64. The summed E-state index contributed by atoms with van der Waals surface area (Å²) in [5, 5.41) is 3.31. The van der Waals surface area contributed by atoms with Crippen molar-refractivity contribution in [1.29, 1.82) is 0 Å². The van der Waals surface area contributed by atoms with Crippen molar-refractivity contribution in [2.75, 3.05) is 20.2 Å². The Hall–Kier alpha value is -3.49. The summed E-state index contributed by atoms with van der Waals surface area (Å²) >= 11 is 0. The molecule has 0 bridgehead atoms. The van der Waals surface area contributed by atoms with Gasteiger partial charge in [0.25, 0.3) is 0 Å². The molecule has 5 rings (SSSR count). The van der Waals surface area contributed by atoms with Crippen molar-refractivity contribution in [3.8, 4) is 16.9 Å². The molecule has 164 valence electrons. The van der Waals surface area contributed by atoms with E-state index in [1.807, 2.05) is 36.4 Å². The van der Waals surface area contributed by atoms with Crippen LogP contribution in [0.3, 0.4) is 0 Å². The number of halogens is 1. The van der Waals surface area contributed by atoms with Crippen LogP contribution in [-0.4, -0.2) is 45.3 Å². The van der Waals surface area contributed by atoms with Gasteiger partial charge in [-0.3, -0.25) is 14.1 Å². The van der Waals surface area contributed by atoms with Crippen LogP contribution in [0.1, 0.15) is 22.8 Å². The number of pyridine rings is 2. The number of carbonyl (C=O) groups excluding carboxylic acids is 1. The Morgan fingerprint density at radius 3 is 2.59 bits per heavy atom. The molecule has 0 unspecified atom stereocenters. The average Bonchev–Trinajstić information content (AvgIpc) is 3.44. The zero-order valence-corrected chi connectivity index (χ0v) is 18.2. The maximum absolute atomic E-state index is 13.3. The minimum Gasteiger partial charge on any atom is -0.465 e. The number of rotatable bonds is 4. The molecular weight excluding hydrogens is 430 g/mol. The maximum atomic E-state index is 13.3. The first kappa shape index (κ1) is 21.7. The molecule has 1 aliphatic rings. The molecule has 1 saturated heterocycles. The van der Waals surface area contributed by atoms with Crippen molar-refractivity contribution in [2.24, 2.45) is 0 Å². The number of carbonyl (C=O) groups is 1. The van der Waals surface area contributed by atoms with E-state index >= 15 is 0 Å². The minimum absolute atomic E-state index is 0. The highest BCUT2D eigenvalue weighted by molar-refractivity contribution is 5.89. The predicted molar refractivity (Wildman–Crippen MR) is 124 cm³/mol. The summed E-state index contributed by atoms with van der Waals surface area (Å²) in [4.78, 5) is 34.0. The zero-order valence-electron chi connectivity index (χ0n) is 17.4. The number of aromatic nitrogens is 4. The zero-order chi connectivity index (χ0) is 21.4. The van der Waals surface area contributed by atoms with Crippen LogP contribution in [0.5, 0.6) is 0 Å². The Labute approximate surface area is 190 Å². The summed E-state index contributed by atoms with van der Waals surface area (Å²) < 4.78 is 8.18. The van der Waals surface area contributed by atoms with E-state index in [0.717, 1.165) is 36.3 Å². The fourth-order valence-corrected chi connectivity index (χ4v) is 4.07. The lowest BCUT2D eigenvalue weighted by atomic mass is 10.1. The standard InChI is InChI=1S/C23H21N5O3.ClH/c1-31-22(29)16-6-4-15(5-7-16)19-9-8-17(14-26-19)27-20-3-2-11-25-21(20)28(23(27)30)18-10-12-24-13-18;/h2-9,11,14,18,24H,10,12-13H2,1H3;1H/t18-;/m0./s1. The highest BCUT2D eigenvalue weighted by Gasteiger charge is 2.24. The number of ether oxygens (including phenoxy) is 1. The van der Waals surface area contributed by atoms with Gasteiger partial charge in [-0.2, -0.15) is 0 Å². The van der Waals surface area contributed by atoms with Gasteiger partial charge in [-0.1, -0.05) is 12.1 Å². The Kier molecular flexibility index (Phi) is 6.07. The number of benzene rings is 1. The van der Waals surface area contributed by atoms with Gasteiger partial charge < -0.3 is 10.1 Å². The second-order valence-electron chi connectivity index (χ2n) is 7.45. The lowest BCUT2D eigenvalue weighted by Crippen LogP contribution is -2.28. The first-order chi connectivity index (χ1) is 15.2. The highest BCUT2D eigenvalue weighted by Crippen LogP contribution is 2.23. The van der Waals surface area contributed by atoms with E-state index in [4.69, 9.17) is 4.74 Å². The van der Waals surface area contributed by atoms with E-state index in [-0.39, 0.29) is 30.1 Å². The Morgan fingerprint density at radius 1 is 1.12 bits per heavy atom. The third kappa shape index (κ3) is 3.68. The van der Waals surface area contributed by atoms with Crippen LogP contribution in [0.2, 0.25) is 0 Å². The van der Waals surface area contributed by atoms with Gasteiger partial charge in [0.1, 0.15) is 0 Å². The summed E-state index contributed by atoms with van der Waals surface area (Å²) in [6.45, 7) is 1.65. The highest BCUT2D eigenvalue weighted by atomic mass is 35.5. The molecule has 1 fully saturated rings. The average molecular weight is 452 g/mol. The summed E-state index contributed by atoms with van der Waals surface area (Å²) in [6, 6.07) is 14.6. The van der Waals surface area contributed by atoms with Gasteiger partial charge >= 0.3 is 11.7 Å². The predicted octanol–water partition coefficient (Wildman–Crippen LogP) is 2.99. The second-order valence-corrected chi connectivity index (χ2v) is 7.45. The van der Waals surface area contributed by atoms with Gasteiger partial charge in [-0.15, -0.1) is 12.4 Å². The molecular formula is C23H22ClN5O3. The third-order valence-corrected chi connectivity index (χ3v) is 5.64. The molecule has 0 amide bonds. The number of esters is 1. The van der Waals surface area contributed by atoms with E-state index in [1.54, 1.807) is 33.7 Å². The van der Waals surface area contributed by atoms with Crippen molar-refractivity contribution in [3.05, 3.63) is 77.0 Å². The molecule has 0 saturated carbocycles. The summed E-state index contributed by atoms with van der Waals surface area (Å²) in [6.07, 6.45) is 4.30. The first-order valence-corrected chi connectivity index (χ1v) is 10.1. The molecule has 0 spiro atoms. The fraction of sp³-hybridized carbons (Fsp3) is 0.217. The quantitative estimate of drug-likeness (QED) is 0.480. The largest absolute Gasteiger partial charge is 0.465 e. The lowest BCUT2D eigenvalue weighted by Gasteiger charge is -2.09. The number of hydrogen-bond acceptors (Lipinski definition) is 6. The first-order valence-electron chi connectivity index (χ1n) is 10.1. The molecule has 32 heavy (non-hydrogen) atoms. The molecule has 1 N–H and O–H groups in total. The number of fused-ring (bicyclic) bond motifs is 1. The van der Waals surface area contributed by atoms with Gasteiger partial charge in [0.2, 0.25) is 0 Å². The molecule has 1 aromatic carbocycles. The van der Waals surface area contributed by atoms with E-state index in [9.17, 15) is 9.59 Å². The van der Waals surface area contributed by atoms with Crippen LogP contribution < -0.4 is 11.0 Å². The normalized spacial score (nSPS) is 15.5. The molecule has 0 radical (unpaired) electrons. The van der Waals surface area contributed by atoms with Crippen LogP contribution in [0.25, 0.3) is 28.1 Å². The topological polar surface area (TPSA) is 91.0 Å². The number of hydrogen-bond donors (Lipinski definition) is 1. The van der Waals surface area contributed by atoms with E-state index in [0.29, 0.717) is 16.9 Å². The smallest absolute Gasteiger partial charge is 0.337 e. The molecule has 4 aromatic rings. The number of methoxy groups -OCH3 is 1. The van der Waals surface area contributed by atoms with Gasteiger partial charge in [0.05, 0.1) is 41.8 Å². The van der Waals surface area contributed by atoms with Crippen molar-refractivity contribution in [1.82, 2.24) is 24.4 Å². The molecule has 9 heteroatoms. The molecule has 0 aliphatic carbocycles. The molecule has 1 atom stereocenters. The molecule has 8 nitrogen and oxygen atoms in total. The summed E-state index contributed by atoms with van der Waals surface area (Å²) in [5.74, 6) is -0.378. The van der Waals surface area contributed by atoms with E-state index in [1.165, 1.54) is 7.11 Å². The minimum atomic E-state index is -0.378. The number of nitrogens with zero attached hydrogens (tertiary/aromatic N) is 4. The lowest BCUT2D eigenvalue weighted by molar-refractivity contribution is 0.0601. The van der Waals surface area contributed by atoms with Gasteiger partial charge in [-0.05, 0) is 49.4 Å². The van der Waals surface area contributed by atoms with Crippen molar-refractivity contribution < 1.29 is 9.53 Å². The fourth-order valence-electron chi connectivity index (χ4n) is 4.07. The number of nitrogens with one attached hydrogen (secondary N) is 1. The Balaban J connectivity index is 0.00000245. The van der Waals surface area contributed by atoms with Gasteiger partial charge in [0.15, 0.2) is 5.65 Å². The molecule has 3 aromatic heterocycles. The maximum Gasteiger partial charge on any atom is 0.337 e. The number of imidazole rings is 1. The SMILES string of the molecule is COC(=O)c1ccc(-c2ccc(-n3c(=O)n([C@H]4CCNC4)c4ncccc43)cn2)cc1.Cl. The Morgan fingerprint density at radius 2 is 1.94 bits per heavy atom. The monoisotopic (exact) mass is 451 g/mol. The van der Waals surface area contributed by atoms with Crippen LogP contribution in [0, 0.1) is 0 Å². The van der Waals surface area contributed by atoms with E-state index < -0.39 is 0 Å². The Bertz CT molecular complexity index is 1310. The van der Waals surface area contributed by atoms with Gasteiger partial charge in [0, 0.05) is 18.3 Å². The van der Waals surface area contributed by atoms with Crippen molar-refractivity contribution in [3.63, 3.8) is 0 Å². The van der Waals surface area contributed by atoms with Crippen LogP contribution in [0.15, 0.2) is 65.7 Å². The summed E-state index contributed by atoms with van der Waals surface area (Å²) in [7, 11) is 1.36. The van der Waals surface area contributed by atoms with Gasteiger partial charge in [-0.25, -0.2) is 14.6 Å². The van der Waals surface area contributed by atoms with Crippen molar-refractivity contribution in [2.45, 2.75) is 12.5 Å². The molecule has 1 aliphatic heterocycles. The summed E-state index contributed by atoms with van der Waals surface area (Å²) in [5.41, 5.74) is 4.11. The van der Waals surface area contributed by atoms with Crippen LogP contribution >= 0.6 is 12.4 Å². The van der Waals surface area contributed by atoms with Crippen molar-refractivity contribution >= 4 is 29.5 Å². The molecule has 4 heterocycles.